The van der Waals surface area contributed by atoms with Crippen LogP contribution in [-0.4, -0.2) is 30.1 Å². The first-order chi connectivity index (χ1) is 9.66. The zero-order valence-corrected chi connectivity index (χ0v) is 11.4. The van der Waals surface area contributed by atoms with Crippen LogP contribution in [0.4, 0.5) is 0 Å². The lowest BCUT2D eigenvalue weighted by Crippen LogP contribution is -2.27. The highest BCUT2D eigenvalue weighted by Crippen LogP contribution is 2.16. The zero-order chi connectivity index (χ0) is 14.4. The fourth-order valence-electron chi connectivity index (χ4n) is 1.51. The SMILES string of the molecule is O=C(O)c1ccc(C(=O)NCCOc2ccccc2)s1. The Kier molecular flexibility index (Phi) is 4.73. The van der Waals surface area contributed by atoms with E-state index in [-0.39, 0.29) is 10.8 Å². The number of nitrogens with one attached hydrogen (secondary N) is 1. The highest BCUT2D eigenvalue weighted by Gasteiger charge is 2.12. The molecular formula is C14H13NO4S. The van der Waals surface area contributed by atoms with E-state index in [0.717, 1.165) is 17.1 Å². The minimum Gasteiger partial charge on any atom is -0.492 e. The Balaban J connectivity index is 1.76. The van der Waals surface area contributed by atoms with E-state index in [9.17, 15) is 9.59 Å². The molecule has 0 saturated heterocycles. The lowest BCUT2D eigenvalue weighted by molar-refractivity contribution is 0.0702. The normalized spacial score (nSPS) is 10.0. The van der Waals surface area contributed by atoms with Crippen molar-refractivity contribution >= 4 is 23.2 Å². The molecule has 5 nitrogen and oxygen atoms in total. The van der Waals surface area contributed by atoms with E-state index in [4.69, 9.17) is 9.84 Å². The first kappa shape index (κ1) is 14.1. The quantitative estimate of drug-likeness (QED) is 0.800. The van der Waals surface area contributed by atoms with Gasteiger partial charge in [0.15, 0.2) is 0 Å². The number of carbonyl (C=O) groups is 2. The predicted octanol–water partition coefficient (Wildman–Crippen LogP) is 2.26. The number of amides is 1. The molecule has 2 aromatic rings. The van der Waals surface area contributed by atoms with Gasteiger partial charge < -0.3 is 15.2 Å². The van der Waals surface area contributed by atoms with Crippen LogP contribution in [0.25, 0.3) is 0 Å². The number of rotatable bonds is 6. The number of carboxylic acids is 1. The van der Waals surface area contributed by atoms with Gasteiger partial charge in [0.25, 0.3) is 5.91 Å². The molecule has 1 heterocycles. The fourth-order valence-corrected chi connectivity index (χ4v) is 2.27. The van der Waals surface area contributed by atoms with Gasteiger partial charge in [0.2, 0.25) is 0 Å². The molecule has 0 bridgehead atoms. The highest BCUT2D eigenvalue weighted by molar-refractivity contribution is 7.15. The van der Waals surface area contributed by atoms with Gasteiger partial charge >= 0.3 is 5.97 Å². The van der Waals surface area contributed by atoms with Crippen molar-refractivity contribution in [1.82, 2.24) is 5.32 Å². The van der Waals surface area contributed by atoms with Crippen molar-refractivity contribution in [2.75, 3.05) is 13.2 Å². The minimum atomic E-state index is -1.03. The molecule has 1 aromatic heterocycles. The number of thiophene rings is 1. The van der Waals surface area contributed by atoms with E-state index >= 15 is 0 Å². The van der Waals surface area contributed by atoms with Crippen LogP contribution in [0, 0.1) is 0 Å². The van der Waals surface area contributed by atoms with Gasteiger partial charge in [-0.05, 0) is 24.3 Å². The lowest BCUT2D eigenvalue weighted by atomic mass is 10.3. The number of benzene rings is 1. The number of carboxylic acid groups (broad SMARTS) is 1. The maximum Gasteiger partial charge on any atom is 0.345 e. The van der Waals surface area contributed by atoms with Crippen molar-refractivity contribution in [2.24, 2.45) is 0 Å². The lowest BCUT2D eigenvalue weighted by Gasteiger charge is -2.06. The highest BCUT2D eigenvalue weighted by atomic mass is 32.1. The van der Waals surface area contributed by atoms with Crippen molar-refractivity contribution in [1.29, 1.82) is 0 Å². The van der Waals surface area contributed by atoms with E-state index in [1.165, 1.54) is 12.1 Å². The molecule has 0 fully saturated rings. The maximum absolute atomic E-state index is 11.7. The summed E-state index contributed by atoms with van der Waals surface area (Å²) in [6.45, 7) is 0.709. The zero-order valence-electron chi connectivity index (χ0n) is 10.5. The molecule has 0 aliphatic rings. The Labute approximate surface area is 119 Å². The average Bonchev–Trinajstić information content (AvgIpc) is 2.94. The molecule has 0 aliphatic carbocycles. The molecule has 1 amide bonds. The molecule has 1 aromatic carbocycles. The topological polar surface area (TPSA) is 75.6 Å². The molecule has 104 valence electrons. The molecule has 6 heteroatoms. The third kappa shape index (κ3) is 3.83. The molecule has 0 aliphatic heterocycles. The molecule has 2 rings (SSSR count). The third-order valence-electron chi connectivity index (χ3n) is 2.44. The third-order valence-corrected chi connectivity index (χ3v) is 3.51. The van der Waals surface area contributed by atoms with Crippen LogP contribution in [0.15, 0.2) is 42.5 Å². The predicted molar refractivity (Wildman–Crippen MR) is 75.5 cm³/mol. The molecule has 20 heavy (non-hydrogen) atoms. The minimum absolute atomic E-state index is 0.149. The maximum atomic E-state index is 11.7. The van der Waals surface area contributed by atoms with Crippen molar-refractivity contribution in [3.05, 3.63) is 52.2 Å². The second-order valence-corrected chi connectivity index (χ2v) is 4.97. The Morgan fingerprint density at radius 3 is 2.45 bits per heavy atom. The second-order valence-electron chi connectivity index (χ2n) is 3.89. The largest absolute Gasteiger partial charge is 0.492 e. The van der Waals surface area contributed by atoms with Crippen molar-refractivity contribution in [3.8, 4) is 5.75 Å². The summed E-state index contributed by atoms with van der Waals surface area (Å²) in [6.07, 6.45) is 0. The summed E-state index contributed by atoms with van der Waals surface area (Å²) in [5.41, 5.74) is 0. The van der Waals surface area contributed by atoms with Gasteiger partial charge in [-0.3, -0.25) is 4.79 Å². The average molecular weight is 291 g/mol. The number of para-hydroxylation sites is 1. The van der Waals surface area contributed by atoms with E-state index in [2.05, 4.69) is 5.32 Å². The van der Waals surface area contributed by atoms with E-state index in [1.54, 1.807) is 0 Å². The molecule has 0 unspecified atom stereocenters. The van der Waals surface area contributed by atoms with Crippen molar-refractivity contribution in [2.45, 2.75) is 0 Å². The molecule has 0 saturated carbocycles. The van der Waals surface area contributed by atoms with Gasteiger partial charge in [-0.2, -0.15) is 0 Å². The van der Waals surface area contributed by atoms with Gasteiger partial charge in [0.05, 0.1) is 11.4 Å². The van der Waals surface area contributed by atoms with Crippen molar-refractivity contribution < 1.29 is 19.4 Å². The van der Waals surface area contributed by atoms with E-state index in [0.29, 0.717) is 18.0 Å². The summed E-state index contributed by atoms with van der Waals surface area (Å²) in [7, 11) is 0. The number of aromatic carboxylic acids is 1. The van der Waals surface area contributed by atoms with Crippen LogP contribution < -0.4 is 10.1 Å². The van der Waals surface area contributed by atoms with Gasteiger partial charge in [0, 0.05) is 0 Å². The summed E-state index contributed by atoms with van der Waals surface area (Å²) in [5.74, 6) is -0.577. The summed E-state index contributed by atoms with van der Waals surface area (Å²) in [6, 6.07) is 12.2. The van der Waals surface area contributed by atoms with E-state index < -0.39 is 5.97 Å². The number of hydrogen-bond donors (Lipinski definition) is 2. The summed E-state index contributed by atoms with van der Waals surface area (Å²) >= 11 is 0.951. The van der Waals surface area contributed by atoms with E-state index in [1.807, 2.05) is 30.3 Å². The van der Waals surface area contributed by atoms with Gasteiger partial charge in [0.1, 0.15) is 17.2 Å². The van der Waals surface area contributed by atoms with Crippen LogP contribution in [0.2, 0.25) is 0 Å². The van der Waals surface area contributed by atoms with Crippen LogP contribution in [0.3, 0.4) is 0 Å². The summed E-state index contributed by atoms with van der Waals surface area (Å²) < 4.78 is 5.43. The first-order valence-corrected chi connectivity index (χ1v) is 6.77. The molecule has 0 spiro atoms. The van der Waals surface area contributed by atoms with Gasteiger partial charge in [-0.1, -0.05) is 18.2 Å². The first-order valence-electron chi connectivity index (χ1n) is 5.96. The van der Waals surface area contributed by atoms with Crippen LogP contribution in [0.5, 0.6) is 5.75 Å². The van der Waals surface area contributed by atoms with Gasteiger partial charge in [-0.15, -0.1) is 11.3 Å². The monoisotopic (exact) mass is 291 g/mol. The molecule has 0 atom stereocenters. The smallest absolute Gasteiger partial charge is 0.345 e. The molecular weight excluding hydrogens is 278 g/mol. The van der Waals surface area contributed by atoms with Crippen LogP contribution >= 0.6 is 11.3 Å². The number of hydrogen-bond acceptors (Lipinski definition) is 4. The second kappa shape index (κ2) is 6.72. The Bertz CT molecular complexity index is 594. The summed E-state index contributed by atoms with van der Waals surface area (Å²) in [4.78, 5) is 23.0. The van der Waals surface area contributed by atoms with Crippen molar-refractivity contribution in [3.63, 3.8) is 0 Å². The number of ether oxygens (including phenoxy) is 1. The van der Waals surface area contributed by atoms with Crippen LogP contribution in [-0.2, 0) is 0 Å². The molecule has 0 radical (unpaired) electrons. The Morgan fingerprint density at radius 1 is 1.10 bits per heavy atom. The fraction of sp³-hybridized carbons (Fsp3) is 0.143. The molecule has 2 N–H and O–H groups in total. The Morgan fingerprint density at radius 2 is 1.80 bits per heavy atom. The standard InChI is InChI=1S/C14H13NO4S/c16-13(11-6-7-12(20-11)14(17)18)15-8-9-19-10-4-2-1-3-5-10/h1-7H,8-9H2,(H,15,16)(H,17,18). The Hall–Kier alpha value is -2.34. The van der Waals surface area contributed by atoms with Gasteiger partial charge in [-0.25, -0.2) is 4.79 Å². The van der Waals surface area contributed by atoms with Crippen LogP contribution in [0.1, 0.15) is 19.3 Å². The number of carbonyl (C=O) groups excluding carboxylic acids is 1. The summed E-state index contributed by atoms with van der Waals surface area (Å²) in [5, 5.41) is 11.5.